The molecule has 1 aliphatic rings. The molecule has 41 heavy (non-hydrogen) atoms. The van der Waals surface area contributed by atoms with Crippen LogP contribution < -0.4 is 15.0 Å². The van der Waals surface area contributed by atoms with E-state index in [0.29, 0.717) is 32.6 Å². The van der Waals surface area contributed by atoms with Gasteiger partial charge in [0.2, 0.25) is 11.8 Å². The molecule has 0 bridgehead atoms. The first-order valence-corrected chi connectivity index (χ1v) is 14.3. The van der Waals surface area contributed by atoms with Crippen LogP contribution >= 0.6 is 0 Å². The van der Waals surface area contributed by atoms with Crippen molar-refractivity contribution in [2.45, 2.75) is 25.3 Å². The maximum atomic E-state index is 13.1. The maximum absolute atomic E-state index is 13.1. The lowest BCUT2D eigenvalue weighted by Crippen LogP contribution is -2.56. The molecule has 2 N–H and O–H groups in total. The molecule has 7 nitrogen and oxygen atoms in total. The summed E-state index contributed by atoms with van der Waals surface area (Å²) in [6.07, 6.45) is 1.69. The van der Waals surface area contributed by atoms with E-state index in [1.165, 1.54) is 37.9 Å². The van der Waals surface area contributed by atoms with Gasteiger partial charge in [-0.05, 0) is 62.9 Å². The molecule has 1 atom stereocenters. The highest BCUT2D eigenvalue weighted by Gasteiger charge is 2.29. The van der Waals surface area contributed by atoms with Gasteiger partial charge in [0.05, 0.1) is 19.4 Å². The first-order valence-electron chi connectivity index (χ1n) is 14.3. The molecular weight excluding hydrogens is 514 g/mol. The van der Waals surface area contributed by atoms with E-state index in [0.717, 1.165) is 17.9 Å². The second-order valence-electron chi connectivity index (χ2n) is 10.7. The van der Waals surface area contributed by atoms with E-state index >= 15 is 0 Å². The molecule has 0 spiro atoms. The van der Waals surface area contributed by atoms with Gasteiger partial charge in [-0.15, -0.1) is 0 Å². The monoisotopic (exact) mass is 549 g/mol. The number of hydrogen-bond acceptors (Lipinski definition) is 5. The number of amides is 2. The molecule has 0 aliphatic carbocycles. The van der Waals surface area contributed by atoms with Gasteiger partial charge < -0.3 is 25.0 Å². The largest absolute Gasteiger partial charge is 0.495 e. The van der Waals surface area contributed by atoms with Crippen LogP contribution in [0.5, 0.6) is 5.75 Å². The zero-order valence-electron chi connectivity index (χ0n) is 23.3. The lowest BCUT2D eigenvalue weighted by atomic mass is 9.90. The van der Waals surface area contributed by atoms with Crippen molar-refractivity contribution in [1.82, 2.24) is 10.2 Å². The Morgan fingerprint density at radius 2 is 1.54 bits per heavy atom. The van der Waals surface area contributed by atoms with Crippen molar-refractivity contribution >= 4 is 49.8 Å². The summed E-state index contributed by atoms with van der Waals surface area (Å²) in [6.45, 7) is 1.90. The number of aliphatic hydroxyl groups excluding tert-OH is 1. The minimum atomic E-state index is -0.935. The number of hydrogen-bond donors (Lipinski definition) is 2. The van der Waals surface area contributed by atoms with E-state index in [9.17, 15) is 14.7 Å². The Bertz CT molecular complexity index is 1680. The fraction of sp³-hybridized carbons (Fsp3) is 0.294. The molecule has 210 valence electrons. The number of aryl methyl sites for hydroxylation is 1. The molecular formula is C34H35N3O4. The summed E-state index contributed by atoms with van der Waals surface area (Å²) in [5.41, 5.74) is 2.21. The second-order valence-corrected chi connectivity index (χ2v) is 10.7. The third kappa shape index (κ3) is 5.25. The van der Waals surface area contributed by atoms with Crippen LogP contribution in [-0.2, 0) is 16.0 Å². The van der Waals surface area contributed by atoms with Gasteiger partial charge in [-0.25, -0.2) is 0 Å². The van der Waals surface area contributed by atoms with Crippen LogP contribution in [0.25, 0.3) is 32.3 Å². The third-order valence-corrected chi connectivity index (χ3v) is 8.30. The molecule has 1 heterocycles. The van der Waals surface area contributed by atoms with E-state index in [1.54, 1.807) is 12.0 Å². The summed E-state index contributed by atoms with van der Waals surface area (Å²) in [7, 11) is 1.65. The molecule has 0 saturated carbocycles. The Morgan fingerprint density at radius 1 is 0.854 bits per heavy atom. The average Bonchev–Trinajstić information content (AvgIpc) is 3.02. The number of carbonyl (C=O) groups is 2. The molecule has 1 saturated heterocycles. The minimum absolute atomic E-state index is 0.220. The number of aliphatic hydroxyl groups is 1. The van der Waals surface area contributed by atoms with Gasteiger partial charge in [-0.2, -0.15) is 0 Å². The third-order valence-electron chi connectivity index (χ3n) is 8.30. The average molecular weight is 550 g/mol. The zero-order valence-corrected chi connectivity index (χ0v) is 23.3. The minimum Gasteiger partial charge on any atom is -0.495 e. The van der Waals surface area contributed by atoms with Crippen molar-refractivity contribution in [3.05, 3.63) is 84.4 Å². The summed E-state index contributed by atoms with van der Waals surface area (Å²) in [5.74, 6) is 0.338. The number of nitrogens with zero attached hydrogens (tertiary/aromatic N) is 2. The van der Waals surface area contributed by atoms with Crippen LogP contribution in [0.4, 0.5) is 5.69 Å². The van der Waals surface area contributed by atoms with Crippen LogP contribution in [0.15, 0.2) is 78.9 Å². The summed E-state index contributed by atoms with van der Waals surface area (Å²) in [5, 5.41) is 20.2. The van der Waals surface area contributed by atoms with Gasteiger partial charge >= 0.3 is 0 Å². The highest BCUT2D eigenvalue weighted by Crippen LogP contribution is 2.36. The van der Waals surface area contributed by atoms with Gasteiger partial charge in [-0.1, -0.05) is 66.7 Å². The number of para-hydroxylation sites is 2. The van der Waals surface area contributed by atoms with Crippen molar-refractivity contribution in [2.75, 3.05) is 44.8 Å². The quantitative estimate of drug-likeness (QED) is 0.260. The van der Waals surface area contributed by atoms with E-state index < -0.39 is 12.6 Å². The molecule has 1 fully saturated rings. The van der Waals surface area contributed by atoms with Gasteiger partial charge in [0.25, 0.3) is 0 Å². The summed E-state index contributed by atoms with van der Waals surface area (Å²) in [6, 6.07) is 26.3. The van der Waals surface area contributed by atoms with Crippen molar-refractivity contribution in [2.24, 2.45) is 0 Å². The van der Waals surface area contributed by atoms with Crippen molar-refractivity contribution in [1.29, 1.82) is 0 Å². The summed E-state index contributed by atoms with van der Waals surface area (Å²) < 4.78 is 5.48. The van der Waals surface area contributed by atoms with Crippen molar-refractivity contribution in [3.8, 4) is 5.75 Å². The normalized spacial score (nSPS) is 14.6. The van der Waals surface area contributed by atoms with Crippen LogP contribution in [0.2, 0.25) is 0 Å². The Labute approximate surface area is 239 Å². The zero-order chi connectivity index (χ0) is 28.3. The van der Waals surface area contributed by atoms with E-state index in [4.69, 9.17) is 4.74 Å². The van der Waals surface area contributed by atoms with E-state index in [-0.39, 0.29) is 18.2 Å². The van der Waals surface area contributed by atoms with Crippen LogP contribution in [0, 0.1) is 0 Å². The molecule has 7 heteroatoms. The lowest BCUT2D eigenvalue weighted by molar-refractivity contribution is -0.137. The summed E-state index contributed by atoms with van der Waals surface area (Å²) in [4.78, 5) is 29.9. The first-order chi connectivity index (χ1) is 20.1. The highest BCUT2D eigenvalue weighted by molar-refractivity contribution is 6.23. The Balaban J connectivity index is 1.05. The molecule has 6 rings (SSSR count). The molecule has 0 aromatic heterocycles. The van der Waals surface area contributed by atoms with Crippen molar-refractivity contribution < 1.29 is 19.4 Å². The molecule has 0 unspecified atom stereocenters. The SMILES string of the molecule is COc1ccccc1N1CCN(C(=O)[C@H](CO)NC(=O)CCCc2ccc3ccc4cccc5ccc2c3c45)CC1. The van der Waals surface area contributed by atoms with Gasteiger partial charge in [-0.3, -0.25) is 9.59 Å². The fourth-order valence-electron chi connectivity index (χ4n) is 6.18. The molecule has 2 amide bonds. The topological polar surface area (TPSA) is 82.1 Å². The predicted octanol–water partition coefficient (Wildman–Crippen LogP) is 4.74. The first kappa shape index (κ1) is 26.8. The number of rotatable bonds is 9. The Kier molecular flexibility index (Phi) is 7.61. The lowest BCUT2D eigenvalue weighted by Gasteiger charge is -2.37. The highest BCUT2D eigenvalue weighted by atomic mass is 16.5. The van der Waals surface area contributed by atoms with Gasteiger partial charge in [0, 0.05) is 32.6 Å². The second kappa shape index (κ2) is 11.6. The van der Waals surface area contributed by atoms with Gasteiger partial charge in [0.1, 0.15) is 11.8 Å². The van der Waals surface area contributed by atoms with Crippen molar-refractivity contribution in [3.63, 3.8) is 0 Å². The van der Waals surface area contributed by atoms with Crippen LogP contribution in [0.1, 0.15) is 18.4 Å². The number of methoxy groups -OCH3 is 1. The fourth-order valence-corrected chi connectivity index (χ4v) is 6.18. The smallest absolute Gasteiger partial charge is 0.247 e. The Morgan fingerprint density at radius 3 is 2.27 bits per heavy atom. The van der Waals surface area contributed by atoms with Gasteiger partial charge in [0.15, 0.2) is 0 Å². The molecule has 0 radical (unpaired) electrons. The number of nitrogens with one attached hydrogen (secondary N) is 1. The summed E-state index contributed by atoms with van der Waals surface area (Å²) >= 11 is 0. The van der Waals surface area contributed by atoms with E-state index in [2.05, 4.69) is 64.8 Å². The van der Waals surface area contributed by atoms with E-state index in [1.807, 2.05) is 24.3 Å². The maximum Gasteiger partial charge on any atom is 0.247 e. The number of ether oxygens (including phenoxy) is 1. The van der Waals surface area contributed by atoms with Crippen LogP contribution in [0.3, 0.4) is 0 Å². The van der Waals surface area contributed by atoms with Crippen LogP contribution in [-0.4, -0.2) is 67.8 Å². The number of carbonyl (C=O) groups excluding carboxylic acids is 2. The predicted molar refractivity (Wildman–Crippen MR) is 164 cm³/mol. The molecule has 5 aromatic carbocycles. The molecule has 1 aliphatic heterocycles. The Hall–Kier alpha value is -4.36. The standard InChI is InChI=1S/C34H35N3O4/c1-41-30-10-3-2-9-29(30)36-18-20-37(21-19-36)34(40)28(22-38)35-31(39)11-5-6-23-12-13-26-15-14-24-7-4-8-25-16-17-27(23)33(26)32(24)25/h2-4,7-10,12-17,28,38H,5-6,11,18-22H2,1H3,(H,35,39)/t28-/m0/s1. The number of anilines is 1. The number of benzene rings is 5. The molecule has 5 aromatic rings. The number of piperazine rings is 1.